The van der Waals surface area contributed by atoms with Gasteiger partial charge in [-0.1, -0.05) is 29.8 Å². The van der Waals surface area contributed by atoms with Crippen molar-refractivity contribution in [3.05, 3.63) is 64.4 Å². The Labute approximate surface area is 158 Å². The quantitative estimate of drug-likeness (QED) is 0.695. The van der Waals surface area contributed by atoms with Crippen LogP contribution in [0.1, 0.15) is 32.7 Å². The highest BCUT2D eigenvalue weighted by Gasteiger charge is 2.11. The van der Waals surface area contributed by atoms with Crippen molar-refractivity contribution in [1.29, 1.82) is 0 Å². The molecule has 2 aromatic rings. The second-order valence-corrected chi connectivity index (χ2v) is 6.56. The second kappa shape index (κ2) is 9.89. The minimum absolute atomic E-state index is 0.239. The zero-order chi connectivity index (χ0) is 18.9. The number of nitrogens with one attached hydrogen (secondary N) is 2. The van der Waals surface area contributed by atoms with Crippen LogP contribution in [0.3, 0.4) is 0 Å². The molecule has 2 amide bonds. The molecule has 0 aliphatic carbocycles. The fourth-order valence-corrected chi connectivity index (χ4v) is 2.51. The van der Waals surface area contributed by atoms with Crippen molar-refractivity contribution in [3.8, 4) is 0 Å². The Bertz CT molecular complexity index is 765. The first kappa shape index (κ1) is 19.9. The van der Waals surface area contributed by atoms with Crippen molar-refractivity contribution in [3.63, 3.8) is 0 Å². The summed E-state index contributed by atoms with van der Waals surface area (Å²) >= 11 is 6.08. The summed E-state index contributed by atoms with van der Waals surface area (Å²) in [6.45, 7) is 1.77. The summed E-state index contributed by atoms with van der Waals surface area (Å²) in [5.41, 5.74) is 1.52. The third kappa shape index (κ3) is 6.13. The molecule has 6 nitrogen and oxygen atoms in total. The first-order valence-electron chi connectivity index (χ1n) is 8.37. The molecule has 7 heteroatoms. The van der Waals surface area contributed by atoms with Gasteiger partial charge in [-0.05, 0) is 44.8 Å². The van der Waals surface area contributed by atoms with E-state index in [1.165, 1.54) is 18.5 Å². The van der Waals surface area contributed by atoms with Gasteiger partial charge in [0.05, 0.1) is 11.1 Å². The van der Waals surface area contributed by atoms with Crippen molar-refractivity contribution in [1.82, 2.24) is 20.5 Å². The van der Waals surface area contributed by atoms with E-state index in [1.54, 1.807) is 6.07 Å². The lowest BCUT2D eigenvalue weighted by Gasteiger charge is -2.10. The van der Waals surface area contributed by atoms with Crippen LogP contribution in [0.2, 0.25) is 5.02 Å². The van der Waals surface area contributed by atoms with Crippen LogP contribution >= 0.6 is 11.6 Å². The molecule has 0 atom stereocenters. The maximum Gasteiger partial charge on any atom is 0.253 e. The summed E-state index contributed by atoms with van der Waals surface area (Å²) in [5.74, 6) is -0.545. The van der Waals surface area contributed by atoms with Crippen LogP contribution in [0.15, 0.2) is 42.7 Å². The average molecular weight is 375 g/mol. The Morgan fingerprint density at radius 1 is 1.08 bits per heavy atom. The van der Waals surface area contributed by atoms with E-state index >= 15 is 0 Å². The predicted octanol–water partition coefficient (Wildman–Crippen LogP) is 2.35. The highest BCUT2D eigenvalue weighted by Crippen LogP contribution is 2.14. The van der Waals surface area contributed by atoms with E-state index in [4.69, 9.17) is 11.6 Å². The molecule has 0 aliphatic rings. The van der Waals surface area contributed by atoms with E-state index in [-0.39, 0.29) is 11.8 Å². The molecule has 2 N–H and O–H groups in total. The first-order chi connectivity index (χ1) is 12.5. The standard InChI is InChI=1S/C19H23ClN4O2/c1-24(2)9-5-8-22-18(25)15-10-16(12-21-11-15)19(26)23-13-14-6-3-4-7-17(14)20/h3-4,6-7,10-12H,5,8-9,13H2,1-2H3,(H,22,25)(H,23,26). The SMILES string of the molecule is CN(C)CCCNC(=O)c1cncc(C(=O)NCc2ccccc2Cl)c1. The third-order valence-corrected chi connectivity index (χ3v) is 4.10. The van der Waals surface area contributed by atoms with Gasteiger partial charge < -0.3 is 15.5 Å². The Kier molecular flexibility index (Phi) is 7.56. The molecule has 0 radical (unpaired) electrons. The van der Waals surface area contributed by atoms with Crippen LogP contribution in [0, 0.1) is 0 Å². The monoisotopic (exact) mass is 374 g/mol. The fourth-order valence-electron chi connectivity index (χ4n) is 2.31. The average Bonchev–Trinajstić information content (AvgIpc) is 2.64. The summed E-state index contributed by atoms with van der Waals surface area (Å²) in [6.07, 6.45) is 3.74. The molecular weight excluding hydrogens is 352 g/mol. The number of carbonyl (C=O) groups is 2. The van der Waals surface area contributed by atoms with Gasteiger partial charge >= 0.3 is 0 Å². The van der Waals surface area contributed by atoms with Crippen molar-refractivity contribution < 1.29 is 9.59 Å². The molecule has 2 rings (SSSR count). The molecule has 1 heterocycles. The van der Waals surface area contributed by atoms with Crippen molar-refractivity contribution >= 4 is 23.4 Å². The number of amides is 2. The van der Waals surface area contributed by atoms with Gasteiger partial charge in [0.15, 0.2) is 0 Å². The molecule has 0 spiro atoms. The summed E-state index contributed by atoms with van der Waals surface area (Å²) in [6, 6.07) is 8.84. The van der Waals surface area contributed by atoms with Gasteiger partial charge in [-0.25, -0.2) is 0 Å². The Morgan fingerprint density at radius 2 is 1.73 bits per heavy atom. The van der Waals surface area contributed by atoms with Gasteiger partial charge in [-0.2, -0.15) is 0 Å². The Hall–Kier alpha value is -2.44. The second-order valence-electron chi connectivity index (χ2n) is 6.15. The van der Waals surface area contributed by atoms with Crippen molar-refractivity contribution in [2.75, 3.05) is 27.2 Å². The lowest BCUT2D eigenvalue weighted by Crippen LogP contribution is -2.28. The van der Waals surface area contributed by atoms with E-state index in [9.17, 15) is 9.59 Å². The molecule has 138 valence electrons. The maximum atomic E-state index is 12.3. The molecule has 26 heavy (non-hydrogen) atoms. The van der Waals surface area contributed by atoms with Gasteiger partial charge in [-0.3, -0.25) is 14.6 Å². The highest BCUT2D eigenvalue weighted by atomic mass is 35.5. The van der Waals surface area contributed by atoms with E-state index < -0.39 is 0 Å². The van der Waals surface area contributed by atoms with Crippen molar-refractivity contribution in [2.45, 2.75) is 13.0 Å². The zero-order valence-corrected chi connectivity index (χ0v) is 15.7. The molecule has 0 unspecified atom stereocenters. The zero-order valence-electron chi connectivity index (χ0n) is 15.0. The molecule has 0 saturated carbocycles. The summed E-state index contributed by atoms with van der Waals surface area (Å²) < 4.78 is 0. The van der Waals surface area contributed by atoms with Crippen LogP contribution in [0.4, 0.5) is 0 Å². The van der Waals surface area contributed by atoms with Gasteiger partial charge in [0.2, 0.25) is 0 Å². The molecular formula is C19H23ClN4O2. The number of pyridine rings is 1. The molecule has 1 aromatic carbocycles. The van der Waals surface area contributed by atoms with Crippen molar-refractivity contribution in [2.24, 2.45) is 0 Å². The lowest BCUT2D eigenvalue weighted by molar-refractivity contribution is 0.0950. The smallest absolute Gasteiger partial charge is 0.253 e. The molecule has 0 aliphatic heterocycles. The number of aromatic nitrogens is 1. The maximum absolute atomic E-state index is 12.3. The molecule has 0 saturated heterocycles. The number of hydrogen-bond donors (Lipinski definition) is 2. The molecule has 1 aromatic heterocycles. The predicted molar refractivity (Wildman–Crippen MR) is 102 cm³/mol. The number of carbonyl (C=O) groups excluding carboxylic acids is 2. The van der Waals surface area contributed by atoms with Gasteiger partial charge in [0, 0.05) is 30.5 Å². The van der Waals surface area contributed by atoms with Crippen LogP contribution in [0.5, 0.6) is 0 Å². The summed E-state index contributed by atoms with van der Waals surface area (Å²) in [5, 5.41) is 6.21. The fraction of sp³-hybridized carbons (Fsp3) is 0.316. The number of halogens is 1. The highest BCUT2D eigenvalue weighted by molar-refractivity contribution is 6.31. The van der Waals surface area contributed by atoms with Crippen LogP contribution in [0.25, 0.3) is 0 Å². The minimum Gasteiger partial charge on any atom is -0.352 e. The number of hydrogen-bond acceptors (Lipinski definition) is 4. The first-order valence-corrected chi connectivity index (χ1v) is 8.74. The summed E-state index contributed by atoms with van der Waals surface area (Å²) in [7, 11) is 3.97. The number of nitrogens with zero attached hydrogens (tertiary/aromatic N) is 2. The summed E-state index contributed by atoms with van der Waals surface area (Å²) in [4.78, 5) is 30.5. The van der Waals surface area contributed by atoms with Gasteiger partial charge in [0.25, 0.3) is 11.8 Å². The third-order valence-electron chi connectivity index (χ3n) is 3.73. The minimum atomic E-state index is -0.306. The number of rotatable bonds is 8. The van der Waals surface area contributed by atoms with E-state index in [1.807, 2.05) is 32.3 Å². The Morgan fingerprint density at radius 3 is 2.38 bits per heavy atom. The lowest BCUT2D eigenvalue weighted by atomic mass is 10.1. The van der Waals surface area contributed by atoms with E-state index in [2.05, 4.69) is 20.5 Å². The largest absolute Gasteiger partial charge is 0.352 e. The van der Waals surface area contributed by atoms with Crippen LogP contribution in [-0.2, 0) is 6.54 Å². The molecule has 0 fully saturated rings. The van der Waals surface area contributed by atoms with E-state index in [0.29, 0.717) is 29.2 Å². The van der Waals surface area contributed by atoms with Gasteiger partial charge in [-0.15, -0.1) is 0 Å². The van der Waals surface area contributed by atoms with Crippen LogP contribution < -0.4 is 10.6 Å². The van der Waals surface area contributed by atoms with Crippen LogP contribution in [-0.4, -0.2) is 48.9 Å². The topological polar surface area (TPSA) is 74.3 Å². The van der Waals surface area contributed by atoms with Gasteiger partial charge in [0.1, 0.15) is 0 Å². The molecule has 0 bridgehead atoms. The number of benzene rings is 1. The Balaban J connectivity index is 1.92. The normalized spacial score (nSPS) is 10.6. The van der Waals surface area contributed by atoms with E-state index in [0.717, 1.165) is 18.5 Å².